The zero-order valence-electron chi connectivity index (χ0n) is 11.9. The summed E-state index contributed by atoms with van der Waals surface area (Å²) in [5, 5.41) is 2.07. The van der Waals surface area contributed by atoms with Gasteiger partial charge in [0.05, 0.1) is 25.3 Å². The minimum absolute atomic E-state index is 0.557. The van der Waals surface area contributed by atoms with Crippen LogP contribution in [0.1, 0.15) is 0 Å². The van der Waals surface area contributed by atoms with Crippen LogP contribution in [0.5, 0.6) is 23.0 Å². The van der Waals surface area contributed by atoms with Gasteiger partial charge in [-0.15, -0.1) is 0 Å². The van der Waals surface area contributed by atoms with Gasteiger partial charge in [-0.1, -0.05) is 0 Å². The van der Waals surface area contributed by atoms with Crippen molar-refractivity contribution in [3.05, 3.63) is 24.3 Å². The van der Waals surface area contributed by atoms with Gasteiger partial charge in [0.1, 0.15) is 24.7 Å². The Morgan fingerprint density at radius 2 is 1.90 bits per heavy atom. The first kappa shape index (κ1) is 12.2. The number of methoxy groups -OCH3 is 2. The van der Waals surface area contributed by atoms with Crippen LogP contribution in [-0.2, 0) is 0 Å². The molecule has 0 amide bonds. The van der Waals surface area contributed by atoms with Crippen molar-refractivity contribution in [2.45, 2.75) is 0 Å². The Balaban J connectivity index is 2.10. The molecule has 0 bridgehead atoms. The fourth-order valence-electron chi connectivity index (χ4n) is 2.83. The van der Waals surface area contributed by atoms with Gasteiger partial charge >= 0.3 is 0 Å². The quantitative estimate of drug-likeness (QED) is 0.786. The highest BCUT2D eigenvalue weighted by molar-refractivity contribution is 6.13. The zero-order chi connectivity index (χ0) is 14.4. The number of rotatable bonds is 2. The van der Waals surface area contributed by atoms with E-state index in [1.54, 1.807) is 14.2 Å². The van der Waals surface area contributed by atoms with Crippen molar-refractivity contribution in [1.82, 2.24) is 4.98 Å². The Bertz CT molecular complexity index is 837. The molecule has 1 aliphatic heterocycles. The van der Waals surface area contributed by atoms with Crippen LogP contribution in [0.4, 0.5) is 0 Å². The number of H-pyrrole nitrogens is 1. The molecule has 0 atom stereocenters. The molecule has 3 aromatic rings. The largest absolute Gasteiger partial charge is 0.497 e. The van der Waals surface area contributed by atoms with Gasteiger partial charge in [-0.3, -0.25) is 0 Å². The van der Waals surface area contributed by atoms with Gasteiger partial charge in [0.25, 0.3) is 0 Å². The number of hydrogen-bond donors (Lipinski definition) is 1. The second-order valence-electron chi connectivity index (χ2n) is 4.89. The first-order chi connectivity index (χ1) is 10.3. The molecule has 0 radical (unpaired) electrons. The van der Waals surface area contributed by atoms with E-state index in [1.165, 1.54) is 0 Å². The van der Waals surface area contributed by atoms with Gasteiger partial charge in [-0.05, 0) is 12.1 Å². The molecule has 0 aliphatic carbocycles. The summed E-state index contributed by atoms with van der Waals surface area (Å²) in [5.74, 6) is 3.05. The minimum atomic E-state index is 0.557. The molecule has 0 unspecified atom stereocenters. The van der Waals surface area contributed by atoms with Crippen molar-refractivity contribution in [3.8, 4) is 23.0 Å². The lowest BCUT2D eigenvalue weighted by molar-refractivity contribution is 0.173. The van der Waals surface area contributed by atoms with E-state index in [2.05, 4.69) is 4.98 Å². The van der Waals surface area contributed by atoms with Crippen LogP contribution in [-0.4, -0.2) is 32.4 Å². The van der Waals surface area contributed by atoms with Crippen molar-refractivity contribution in [1.29, 1.82) is 0 Å². The molecule has 5 nitrogen and oxygen atoms in total. The average molecular weight is 285 g/mol. The summed E-state index contributed by atoms with van der Waals surface area (Å²) in [5.41, 5.74) is 1.87. The molecule has 1 aromatic heterocycles. The summed E-state index contributed by atoms with van der Waals surface area (Å²) in [7, 11) is 3.30. The van der Waals surface area contributed by atoms with Gasteiger partial charge in [0.15, 0.2) is 11.5 Å². The summed E-state index contributed by atoms with van der Waals surface area (Å²) in [6.07, 6.45) is 0. The number of aromatic amines is 1. The molecule has 1 aliphatic rings. The van der Waals surface area contributed by atoms with Crippen LogP contribution in [0.2, 0.25) is 0 Å². The topological polar surface area (TPSA) is 52.7 Å². The maximum atomic E-state index is 5.77. The number of aromatic nitrogens is 1. The van der Waals surface area contributed by atoms with Gasteiger partial charge in [-0.25, -0.2) is 0 Å². The molecule has 0 spiro atoms. The molecule has 21 heavy (non-hydrogen) atoms. The fraction of sp³-hybridized carbons (Fsp3) is 0.250. The molecule has 2 heterocycles. The summed E-state index contributed by atoms with van der Waals surface area (Å²) in [4.78, 5) is 3.39. The van der Waals surface area contributed by atoms with E-state index in [0.717, 1.165) is 44.8 Å². The summed E-state index contributed by atoms with van der Waals surface area (Å²) in [6, 6.07) is 7.80. The van der Waals surface area contributed by atoms with Crippen molar-refractivity contribution >= 4 is 21.8 Å². The highest BCUT2D eigenvalue weighted by Crippen LogP contribution is 2.43. The van der Waals surface area contributed by atoms with E-state index in [4.69, 9.17) is 18.9 Å². The standard InChI is InChI=1S/C16H15NO4/c1-18-9-7-11-14(13(8-9)19-2)10-3-4-12-16(15(10)17-11)21-6-5-20-12/h3-4,7-8,17H,5-6H2,1-2H3. The Labute approximate surface area is 121 Å². The Hall–Kier alpha value is -2.56. The van der Waals surface area contributed by atoms with Crippen molar-refractivity contribution in [3.63, 3.8) is 0 Å². The molecule has 2 aromatic carbocycles. The SMILES string of the molecule is COc1cc(OC)c2c(c1)[nH]c1c3c(ccc12)OCCO3. The smallest absolute Gasteiger partial charge is 0.185 e. The summed E-state index contributed by atoms with van der Waals surface area (Å²) >= 11 is 0. The van der Waals surface area contributed by atoms with E-state index in [0.29, 0.717) is 13.2 Å². The third-order valence-corrected chi connectivity index (χ3v) is 3.77. The van der Waals surface area contributed by atoms with E-state index >= 15 is 0 Å². The van der Waals surface area contributed by atoms with Crippen molar-refractivity contribution < 1.29 is 18.9 Å². The minimum Gasteiger partial charge on any atom is -0.497 e. The molecule has 5 heteroatoms. The second-order valence-corrected chi connectivity index (χ2v) is 4.89. The molecule has 0 saturated heterocycles. The van der Waals surface area contributed by atoms with Crippen molar-refractivity contribution in [2.75, 3.05) is 27.4 Å². The highest BCUT2D eigenvalue weighted by atomic mass is 16.6. The van der Waals surface area contributed by atoms with E-state index in [9.17, 15) is 0 Å². The first-order valence-electron chi connectivity index (χ1n) is 6.78. The number of fused-ring (bicyclic) bond motifs is 5. The summed E-state index contributed by atoms with van der Waals surface area (Å²) in [6.45, 7) is 1.14. The Morgan fingerprint density at radius 1 is 1.05 bits per heavy atom. The molecule has 108 valence electrons. The second kappa shape index (κ2) is 4.48. The fourth-order valence-corrected chi connectivity index (χ4v) is 2.83. The average Bonchev–Trinajstić information content (AvgIpc) is 2.92. The van der Waals surface area contributed by atoms with Gasteiger partial charge in [-0.2, -0.15) is 0 Å². The highest BCUT2D eigenvalue weighted by Gasteiger charge is 2.20. The molecule has 4 rings (SSSR count). The maximum absolute atomic E-state index is 5.77. The van der Waals surface area contributed by atoms with E-state index < -0.39 is 0 Å². The van der Waals surface area contributed by atoms with Crippen LogP contribution in [0.3, 0.4) is 0 Å². The predicted octanol–water partition coefficient (Wildman–Crippen LogP) is 3.11. The monoisotopic (exact) mass is 285 g/mol. The van der Waals surface area contributed by atoms with Crippen LogP contribution in [0.25, 0.3) is 21.8 Å². The number of ether oxygens (including phenoxy) is 4. The third-order valence-electron chi connectivity index (χ3n) is 3.77. The molecule has 1 N–H and O–H groups in total. The van der Waals surface area contributed by atoms with Crippen molar-refractivity contribution in [2.24, 2.45) is 0 Å². The number of benzene rings is 2. The van der Waals surface area contributed by atoms with E-state index in [-0.39, 0.29) is 0 Å². The number of hydrogen-bond acceptors (Lipinski definition) is 4. The van der Waals surface area contributed by atoms with Crippen LogP contribution < -0.4 is 18.9 Å². The molecular weight excluding hydrogens is 270 g/mol. The number of nitrogens with one attached hydrogen (secondary N) is 1. The zero-order valence-corrected chi connectivity index (χ0v) is 11.9. The lowest BCUT2D eigenvalue weighted by Crippen LogP contribution is -2.15. The Morgan fingerprint density at radius 3 is 2.71 bits per heavy atom. The first-order valence-corrected chi connectivity index (χ1v) is 6.78. The van der Waals surface area contributed by atoms with E-state index in [1.807, 2.05) is 24.3 Å². The van der Waals surface area contributed by atoms with Crippen LogP contribution in [0, 0.1) is 0 Å². The lowest BCUT2D eigenvalue weighted by Gasteiger charge is -2.18. The van der Waals surface area contributed by atoms with Crippen LogP contribution >= 0.6 is 0 Å². The van der Waals surface area contributed by atoms with Gasteiger partial charge in [0.2, 0.25) is 0 Å². The van der Waals surface area contributed by atoms with Gasteiger partial charge in [0, 0.05) is 22.9 Å². The van der Waals surface area contributed by atoms with Crippen LogP contribution in [0.15, 0.2) is 24.3 Å². The third kappa shape index (κ3) is 1.70. The Kier molecular flexibility index (Phi) is 2.60. The molecule has 0 fully saturated rings. The lowest BCUT2D eigenvalue weighted by atomic mass is 10.1. The molecule has 0 saturated carbocycles. The molecular formula is C16H15NO4. The maximum Gasteiger partial charge on any atom is 0.185 e. The normalized spacial score (nSPS) is 13.6. The van der Waals surface area contributed by atoms with Gasteiger partial charge < -0.3 is 23.9 Å². The summed E-state index contributed by atoms with van der Waals surface area (Å²) < 4.78 is 22.2. The predicted molar refractivity (Wildman–Crippen MR) is 79.9 cm³/mol.